The molecule has 1 aromatic carbocycles. The van der Waals surface area contributed by atoms with Crippen LogP contribution in [0, 0.1) is 19.8 Å². The van der Waals surface area contributed by atoms with Crippen molar-refractivity contribution in [3.8, 4) is 0 Å². The van der Waals surface area contributed by atoms with Crippen molar-refractivity contribution in [3.05, 3.63) is 65.0 Å². The topological polar surface area (TPSA) is 59.1 Å². The summed E-state index contributed by atoms with van der Waals surface area (Å²) in [6, 6.07) is 9.35. The van der Waals surface area contributed by atoms with Crippen molar-refractivity contribution < 1.29 is 8.42 Å². The fourth-order valence-corrected chi connectivity index (χ4v) is 4.27. The van der Waals surface area contributed by atoms with Gasteiger partial charge in [-0.15, -0.1) is 0 Å². The molecule has 0 aliphatic rings. The van der Waals surface area contributed by atoms with Crippen LogP contribution in [0.25, 0.3) is 0 Å². The molecular formula is C18H24N2O2S. The number of nitrogens with one attached hydrogen (secondary N) is 1. The van der Waals surface area contributed by atoms with Crippen molar-refractivity contribution >= 4 is 10.0 Å². The third-order valence-corrected chi connectivity index (χ3v) is 5.30. The number of hydrogen-bond acceptors (Lipinski definition) is 3. The van der Waals surface area contributed by atoms with Crippen molar-refractivity contribution in [1.29, 1.82) is 0 Å². The zero-order chi connectivity index (χ0) is 17.0. The minimum atomic E-state index is -3.38. The lowest BCUT2D eigenvalue weighted by Gasteiger charge is -2.22. The van der Waals surface area contributed by atoms with Gasteiger partial charge in [-0.25, -0.2) is 13.1 Å². The Labute approximate surface area is 139 Å². The van der Waals surface area contributed by atoms with E-state index in [0.29, 0.717) is 0 Å². The first-order valence-electron chi connectivity index (χ1n) is 7.75. The van der Waals surface area contributed by atoms with Crippen LogP contribution in [-0.4, -0.2) is 19.2 Å². The molecule has 0 aliphatic heterocycles. The molecule has 2 rings (SSSR count). The lowest BCUT2D eigenvalue weighted by atomic mass is 9.95. The van der Waals surface area contributed by atoms with Gasteiger partial charge in [0, 0.05) is 12.4 Å². The molecule has 0 spiro atoms. The maximum atomic E-state index is 12.4. The van der Waals surface area contributed by atoms with Gasteiger partial charge in [-0.1, -0.05) is 43.7 Å². The van der Waals surface area contributed by atoms with E-state index in [1.165, 1.54) is 0 Å². The van der Waals surface area contributed by atoms with Gasteiger partial charge in [0.25, 0.3) is 0 Å². The molecule has 0 aliphatic carbocycles. The number of benzene rings is 1. The average molecular weight is 332 g/mol. The minimum Gasteiger partial charge on any atom is -0.264 e. The lowest BCUT2D eigenvalue weighted by Crippen LogP contribution is -2.33. The number of hydrogen-bond donors (Lipinski definition) is 1. The van der Waals surface area contributed by atoms with E-state index < -0.39 is 16.1 Å². The largest absolute Gasteiger partial charge is 0.264 e. The van der Waals surface area contributed by atoms with Crippen LogP contribution in [0.2, 0.25) is 0 Å². The van der Waals surface area contributed by atoms with E-state index in [0.717, 1.165) is 22.3 Å². The van der Waals surface area contributed by atoms with E-state index in [9.17, 15) is 8.42 Å². The predicted octanol–water partition coefficient (Wildman–Crippen LogP) is 3.36. The quantitative estimate of drug-likeness (QED) is 0.882. The Balaban J connectivity index is 2.45. The maximum absolute atomic E-state index is 12.4. The highest BCUT2D eigenvalue weighted by Crippen LogP contribution is 2.26. The van der Waals surface area contributed by atoms with Crippen molar-refractivity contribution in [2.24, 2.45) is 5.92 Å². The highest BCUT2D eigenvalue weighted by atomic mass is 32.2. The predicted molar refractivity (Wildman–Crippen MR) is 93.8 cm³/mol. The molecule has 1 heterocycles. The second kappa shape index (κ2) is 7.23. The summed E-state index contributed by atoms with van der Waals surface area (Å²) in [5.41, 5.74) is 4.01. The molecule has 2 aromatic rings. The monoisotopic (exact) mass is 332 g/mol. The summed E-state index contributed by atoms with van der Waals surface area (Å²) in [6.45, 7) is 7.83. The van der Waals surface area contributed by atoms with Crippen LogP contribution in [0.5, 0.6) is 0 Å². The highest BCUT2D eigenvalue weighted by molar-refractivity contribution is 7.89. The van der Waals surface area contributed by atoms with E-state index in [2.05, 4.69) is 15.8 Å². The molecule has 5 heteroatoms. The molecule has 124 valence electrons. The molecule has 1 atom stereocenters. The molecule has 0 saturated heterocycles. The SMILES string of the molecule is Cc1ccc(C(NS(=O)(=O)CC(C)C)c2cccnc2)c(C)c1. The number of aryl methyl sites for hydroxylation is 2. The summed E-state index contributed by atoms with van der Waals surface area (Å²) >= 11 is 0. The second-order valence-corrected chi connectivity index (χ2v) is 8.17. The molecule has 0 saturated carbocycles. The van der Waals surface area contributed by atoms with Gasteiger partial charge >= 0.3 is 0 Å². The highest BCUT2D eigenvalue weighted by Gasteiger charge is 2.23. The zero-order valence-electron chi connectivity index (χ0n) is 14.1. The van der Waals surface area contributed by atoms with E-state index in [4.69, 9.17) is 0 Å². The molecule has 0 bridgehead atoms. The Kier molecular flexibility index (Phi) is 5.55. The number of nitrogens with zero attached hydrogens (tertiary/aromatic N) is 1. The van der Waals surface area contributed by atoms with Crippen molar-refractivity contribution in [1.82, 2.24) is 9.71 Å². The Morgan fingerprint density at radius 2 is 1.91 bits per heavy atom. The molecule has 0 amide bonds. The van der Waals surface area contributed by atoms with Gasteiger partial charge in [0.1, 0.15) is 0 Å². The number of rotatable bonds is 6. The summed E-state index contributed by atoms with van der Waals surface area (Å²) in [5.74, 6) is 0.176. The van der Waals surface area contributed by atoms with Crippen molar-refractivity contribution in [3.63, 3.8) is 0 Å². The van der Waals surface area contributed by atoms with Gasteiger partial charge < -0.3 is 0 Å². The van der Waals surface area contributed by atoms with E-state index in [1.807, 2.05) is 52.0 Å². The first kappa shape index (κ1) is 17.6. The van der Waals surface area contributed by atoms with Crippen LogP contribution in [0.15, 0.2) is 42.7 Å². The van der Waals surface area contributed by atoms with Gasteiger partial charge in [0.05, 0.1) is 11.8 Å². The third-order valence-electron chi connectivity index (χ3n) is 3.60. The fraction of sp³-hybridized carbons (Fsp3) is 0.389. The van der Waals surface area contributed by atoms with Crippen molar-refractivity contribution in [2.75, 3.05) is 5.75 Å². The Morgan fingerprint density at radius 3 is 2.48 bits per heavy atom. The van der Waals surface area contributed by atoms with E-state index in [1.54, 1.807) is 12.4 Å². The first-order valence-corrected chi connectivity index (χ1v) is 9.41. The summed E-state index contributed by atoms with van der Waals surface area (Å²) in [5, 5.41) is 0. The maximum Gasteiger partial charge on any atom is 0.212 e. The number of aromatic nitrogens is 1. The molecule has 1 unspecified atom stereocenters. The summed E-state index contributed by atoms with van der Waals surface area (Å²) in [6.07, 6.45) is 3.40. The number of pyridine rings is 1. The second-order valence-electron chi connectivity index (χ2n) is 6.37. The van der Waals surface area contributed by atoms with Crippen LogP contribution in [0.1, 0.15) is 42.1 Å². The third kappa shape index (κ3) is 4.88. The lowest BCUT2D eigenvalue weighted by molar-refractivity contribution is 0.559. The molecule has 1 aromatic heterocycles. The van der Waals surface area contributed by atoms with Crippen LogP contribution < -0.4 is 4.72 Å². The first-order chi connectivity index (χ1) is 10.8. The Morgan fingerprint density at radius 1 is 1.17 bits per heavy atom. The summed E-state index contributed by atoms with van der Waals surface area (Å²) in [7, 11) is -3.38. The summed E-state index contributed by atoms with van der Waals surface area (Å²) < 4.78 is 27.7. The Bertz CT molecular complexity index is 756. The normalized spacial score (nSPS) is 13.3. The van der Waals surface area contributed by atoms with Crippen LogP contribution >= 0.6 is 0 Å². The zero-order valence-corrected chi connectivity index (χ0v) is 14.9. The van der Waals surface area contributed by atoms with Crippen LogP contribution in [-0.2, 0) is 10.0 Å². The molecule has 0 fully saturated rings. The van der Waals surface area contributed by atoms with Gasteiger partial charge in [0.2, 0.25) is 10.0 Å². The molecule has 23 heavy (non-hydrogen) atoms. The van der Waals surface area contributed by atoms with Gasteiger partial charge in [-0.2, -0.15) is 0 Å². The molecule has 1 N–H and O–H groups in total. The number of sulfonamides is 1. The molecule has 4 nitrogen and oxygen atoms in total. The molecular weight excluding hydrogens is 308 g/mol. The standard InChI is InChI=1S/C18H24N2O2S/c1-13(2)12-23(21,22)20-18(16-6-5-9-19-11-16)17-8-7-14(3)10-15(17)4/h5-11,13,18,20H,12H2,1-4H3. The molecule has 0 radical (unpaired) electrons. The average Bonchev–Trinajstić information content (AvgIpc) is 2.45. The van der Waals surface area contributed by atoms with E-state index in [-0.39, 0.29) is 11.7 Å². The summed E-state index contributed by atoms with van der Waals surface area (Å²) in [4.78, 5) is 4.13. The van der Waals surface area contributed by atoms with Crippen molar-refractivity contribution in [2.45, 2.75) is 33.7 Å². The van der Waals surface area contributed by atoms with Crippen LogP contribution in [0.3, 0.4) is 0 Å². The van der Waals surface area contributed by atoms with Gasteiger partial charge in [0.15, 0.2) is 0 Å². The fourth-order valence-electron chi connectivity index (χ4n) is 2.67. The Hall–Kier alpha value is -1.72. The van der Waals surface area contributed by atoms with E-state index >= 15 is 0 Å². The van der Waals surface area contributed by atoms with Gasteiger partial charge in [-0.05, 0) is 42.5 Å². The van der Waals surface area contributed by atoms with Crippen LogP contribution in [0.4, 0.5) is 0 Å². The smallest absolute Gasteiger partial charge is 0.212 e. The minimum absolute atomic E-state index is 0.0705. The van der Waals surface area contributed by atoms with Gasteiger partial charge in [-0.3, -0.25) is 4.98 Å².